The molecule has 1 aromatic heterocycles. The summed E-state index contributed by atoms with van der Waals surface area (Å²) in [6.07, 6.45) is 5.33. The van der Waals surface area contributed by atoms with Crippen LogP contribution in [0.4, 0.5) is 5.82 Å². The van der Waals surface area contributed by atoms with Gasteiger partial charge in [-0.15, -0.1) is 0 Å². The van der Waals surface area contributed by atoms with Crippen molar-refractivity contribution in [2.75, 3.05) is 18.5 Å². The Kier molecular flexibility index (Phi) is 5.26. The lowest BCUT2D eigenvalue weighted by Crippen LogP contribution is -2.30. The van der Waals surface area contributed by atoms with E-state index in [0.717, 1.165) is 18.9 Å². The van der Waals surface area contributed by atoms with E-state index < -0.39 is 0 Å². The highest BCUT2D eigenvalue weighted by molar-refractivity contribution is 5.44. The Balaban J connectivity index is 2.29. The molecule has 1 aliphatic rings. The summed E-state index contributed by atoms with van der Waals surface area (Å²) in [6, 6.07) is 5.19. The van der Waals surface area contributed by atoms with Gasteiger partial charge in [0, 0.05) is 30.7 Å². The van der Waals surface area contributed by atoms with Gasteiger partial charge < -0.3 is 10.2 Å². The maximum atomic E-state index is 4.96. The first-order chi connectivity index (χ1) is 9.91. The topological polar surface area (TPSA) is 28.2 Å². The third-order valence-electron chi connectivity index (χ3n) is 4.45. The molecule has 0 amide bonds. The van der Waals surface area contributed by atoms with Crippen molar-refractivity contribution < 1.29 is 0 Å². The summed E-state index contributed by atoms with van der Waals surface area (Å²) in [5.74, 6) is 1.14. The maximum Gasteiger partial charge on any atom is 0.129 e. The zero-order chi connectivity index (χ0) is 15.5. The van der Waals surface area contributed by atoms with Gasteiger partial charge in [-0.2, -0.15) is 0 Å². The quantitative estimate of drug-likeness (QED) is 0.892. The molecule has 0 spiro atoms. The minimum absolute atomic E-state index is 0.0908. The van der Waals surface area contributed by atoms with Gasteiger partial charge in [0.15, 0.2) is 0 Å². The molecule has 1 aliphatic carbocycles. The third kappa shape index (κ3) is 4.19. The van der Waals surface area contributed by atoms with E-state index in [1.54, 1.807) is 0 Å². The summed E-state index contributed by atoms with van der Waals surface area (Å²) < 4.78 is 0. The Morgan fingerprint density at radius 2 is 1.90 bits per heavy atom. The average molecular weight is 289 g/mol. The molecule has 0 aliphatic heterocycles. The van der Waals surface area contributed by atoms with Crippen LogP contribution < -0.4 is 10.2 Å². The first-order valence-corrected chi connectivity index (χ1v) is 8.37. The van der Waals surface area contributed by atoms with Gasteiger partial charge in [0.2, 0.25) is 0 Å². The number of pyridine rings is 1. The molecule has 1 saturated carbocycles. The molecule has 118 valence electrons. The van der Waals surface area contributed by atoms with E-state index in [1.807, 2.05) is 0 Å². The van der Waals surface area contributed by atoms with Crippen LogP contribution in [0.2, 0.25) is 0 Å². The summed E-state index contributed by atoms with van der Waals surface area (Å²) in [5, 5.41) is 3.43. The molecule has 0 bridgehead atoms. The predicted octanol–water partition coefficient (Wildman–Crippen LogP) is 3.87. The van der Waals surface area contributed by atoms with Crippen LogP contribution in [0.3, 0.4) is 0 Å². The van der Waals surface area contributed by atoms with Gasteiger partial charge in [-0.3, -0.25) is 0 Å². The van der Waals surface area contributed by atoms with E-state index in [2.05, 4.69) is 57.1 Å². The monoisotopic (exact) mass is 289 g/mol. The lowest BCUT2D eigenvalue weighted by Gasteiger charge is -2.28. The van der Waals surface area contributed by atoms with E-state index >= 15 is 0 Å². The fourth-order valence-corrected chi connectivity index (χ4v) is 2.99. The Hall–Kier alpha value is -1.09. The van der Waals surface area contributed by atoms with Gasteiger partial charge in [0.05, 0.1) is 0 Å². The maximum absolute atomic E-state index is 4.96. The number of nitrogens with one attached hydrogen (secondary N) is 1. The minimum atomic E-state index is 0.0908. The molecule has 21 heavy (non-hydrogen) atoms. The van der Waals surface area contributed by atoms with Crippen molar-refractivity contribution in [1.82, 2.24) is 10.3 Å². The molecule has 1 aromatic rings. The van der Waals surface area contributed by atoms with E-state index in [1.165, 1.54) is 36.9 Å². The molecule has 1 fully saturated rings. The zero-order valence-electron chi connectivity index (χ0n) is 14.4. The number of hydrogen-bond acceptors (Lipinski definition) is 3. The van der Waals surface area contributed by atoms with E-state index in [-0.39, 0.29) is 5.41 Å². The summed E-state index contributed by atoms with van der Waals surface area (Å²) in [7, 11) is 2.21. The number of hydrogen-bond donors (Lipinski definition) is 1. The molecular formula is C18H31N3. The van der Waals surface area contributed by atoms with E-state index in [9.17, 15) is 0 Å². The first-order valence-electron chi connectivity index (χ1n) is 8.37. The molecular weight excluding hydrogens is 258 g/mol. The fraction of sp³-hybridized carbons (Fsp3) is 0.722. The van der Waals surface area contributed by atoms with Gasteiger partial charge in [-0.05, 0) is 37.1 Å². The molecule has 0 atom stereocenters. The average Bonchev–Trinajstić information content (AvgIpc) is 2.97. The Bertz CT molecular complexity index is 456. The van der Waals surface area contributed by atoms with Gasteiger partial charge >= 0.3 is 0 Å². The summed E-state index contributed by atoms with van der Waals surface area (Å²) >= 11 is 0. The molecule has 0 aromatic carbocycles. The predicted molar refractivity (Wildman–Crippen MR) is 91.0 cm³/mol. The second-order valence-electron chi connectivity index (χ2n) is 7.30. The Morgan fingerprint density at radius 3 is 2.48 bits per heavy atom. The molecule has 3 nitrogen and oxygen atoms in total. The SMILES string of the molecule is CCNCc1cc(N(C)C2CCCC2)nc(C(C)(C)C)c1. The third-order valence-corrected chi connectivity index (χ3v) is 4.45. The summed E-state index contributed by atoms with van der Waals surface area (Å²) in [6.45, 7) is 10.8. The number of nitrogens with zero attached hydrogens (tertiary/aromatic N) is 2. The highest BCUT2D eigenvalue weighted by Crippen LogP contribution is 2.29. The van der Waals surface area contributed by atoms with Crippen molar-refractivity contribution in [3.63, 3.8) is 0 Å². The normalized spacial score (nSPS) is 16.4. The van der Waals surface area contributed by atoms with Gasteiger partial charge in [-0.1, -0.05) is 40.5 Å². The molecule has 3 heteroatoms. The Labute approximate surface area is 130 Å². The molecule has 1 heterocycles. The van der Waals surface area contributed by atoms with Gasteiger partial charge in [-0.25, -0.2) is 4.98 Å². The van der Waals surface area contributed by atoms with Crippen LogP contribution in [-0.4, -0.2) is 24.6 Å². The highest BCUT2D eigenvalue weighted by atomic mass is 15.2. The smallest absolute Gasteiger partial charge is 0.129 e. The molecule has 0 unspecified atom stereocenters. The largest absolute Gasteiger partial charge is 0.357 e. The second-order valence-corrected chi connectivity index (χ2v) is 7.30. The molecule has 0 radical (unpaired) electrons. The number of rotatable bonds is 5. The second kappa shape index (κ2) is 6.78. The molecule has 1 N–H and O–H groups in total. The lowest BCUT2D eigenvalue weighted by atomic mass is 9.90. The van der Waals surface area contributed by atoms with Crippen molar-refractivity contribution in [3.8, 4) is 0 Å². The van der Waals surface area contributed by atoms with Crippen molar-refractivity contribution in [2.45, 2.75) is 71.4 Å². The van der Waals surface area contributed by atoms with Gasteiger partial charge in [0.25, 0.3) is 0 Å². The van der Waals surface area contributed by atoms with Crippen molar-refractivity contribution >= 4 is 5.82 Å². The number of anilines is 1. The van der Waals surface area contributed by atoms with Crippen LogP contribution in [0.15, 0.2) is 12.1 Å². The van der Waals surface area contributed by atoms with E-state index in [4.69, 9.17) is 4.98 Å². The van der Waals surface area contributed by atoms with Crippen LogP contribution >= 0.6 is 0 Å². The molecule has 0 saturated heterocycles. The standard InChI is InChI=1S/C18H31N3/c1-6-19-13-14-11-16(18(2,3)4)20-17(12-14)21(5)15-9-7-8-10-15/h11-12,15,19H,6-10,13H2,1-5H3. The van der Waals surface area contributed by atoms with Crippen LogP contribution in [0.1, 0.15) is 64.6 Å². The Morgan fingerprint density at radius 1 is 1.24 bits per heavy atom. The van der Waals surface area contributed by atoms with Crippen molar-refractivity contribution in [2.24, 2.45) is 0 Å². The minimum Gasteiger partial charge on any atom is -0.357 e. The fourth-order valence-electron chi connectivity index (χ4n) is 2.99. The van der Waals surface area contributed by atoms with Crippen LogP contribution in [-0.2, 0) is 12.0 Å². The van der Waals surface area contributed by atoms with Crippen LogP contribution in [0, 0.1) is 0 Å². The van der Waals surface area contributed by atoms with Crippen molar-refractivity contribution in [1.29, 1.82) is 0 Å². The highest BCUT2D eigenvalue weighted by Gasteiger charge is 2.23. The van der Waals surface area contributed by atoms with Crippen LogP contribution in [0.5, 0.6) is 0 Å². The van der Waals surface area contributed by atoms with Crippen molar-refractivity contribution in [3.05, 3.63) is 23.4 Å². The van der Waals surface area contributed by atoms with Crippen LogP contribution in [0.25, 0.3) is 0 Å². The van der Waals surface area contributed by atoms with E-state index in [0.29, 0.717) is 6.04 Å². The molecule has 2 rings (SSSR count). The number of aromatic nitrogens is 1. The summed E-state index contributed by atoms with van der Waals surface area (Å²) in [5.41, 5.74) is 2.63. The van der Waals surface area contributed by atoms with Gasteiger partial charge in [0.1, 0.15) is 5.82 Å². The zero-order valence-corrected chi connectivity index (χ0v) is 14.4. The first kappa shape index (κ1) is 16.3. The lowest BCUT2D eigenvalue weighted by molar-refractivity contribution is 0.562. The summed E-state index contributed by atoms with van der Waals surface area (Å²) in [4.78, 5) is 7.36.